The fourth-order valence-corrected chi connectivity index (χ4v) is 1.12. The minimum absolute atomic E-state index is 0.109. The van der Waals surface area contributed by atoms with Gasteiger partial charge in [0.1, 0.15) is 0 Å². The quantitative estimate of drug-likeness (QED) is 0.524. The van der Waals surface area contributed by atoms with Gasteiger partial charge in [0, 0.05) is 14.1 Å². The Morgan fingerprint density at radius 1 is 1.17 bits per heavy atom. The van der Waals surface area contributed by atoms with Crippen molar-refractivity contribution in [3.8, 4) is 0 Å². The Balaban J connectivity index is 4.56. The van der Waals surface area contributed by atoms with Gasteiger partial charge in [0.2, 0.25) is 6.10 Å². The third-order valence-corrected chi connectivity index (χ3v) is 2.28. The van der Waals surface area contributed by atoms with Crippen LogP contribution in [0.2, 0.25) is 0 Å². The Morgan fingerprint density at radius 2 is 1.72 bits per heavy atom. The van der Waals surface area contributed by atoms with E-state index in [1.165, 1.54) is 4.90 Å². The average molecular weight is 277 g/mol. The van der Waals surface area contributed by atoms with E-state index in [4.69, 9.17) is 26.4 Å². The SMILES string of the molecule is CCOC(=O)C[C@@H](OC(=S)N(C)C)C(=O)OCC. The number of rotatable bonds is 6. The van der Waals surface area contributed by atoms with Crippen molar-refractivity contribution < 1.29 is 23.8 Å². The highest BCUT2D eigenvalue weighted by Gasteiger charge is 2.27. The smallest absolute Gasteiger partial charge is 0.348 e. The van der Waals surface area contributed by atoms with Crippen molar-refractivity contribution in [2.45, 2.75) is 26.4 Å². The van der Waals surface area contributed by atoms with E-state index in [0.717, 1.165) is 0 Å². The lowest BCUT2D eigenvalue weighted by molar-refractivity contribution is -0.158. The lowest BCUT2D eigenvalue weighted by Gasteiger charge is -2.20. The minimum Gasteiger partial charge on any atom is -0.466 e. The van der Waals surface area contributed by atoms with E-state index in [1.807, 2.05) is 0 Å². The standard InChI is InChI=1S/C11H19NO5S/c1-5-15-9(13)7-8(10(14)16-6-2)17-11(18)12(3)4/h8H,5-7H2,1-4H3/t8-/m1/s1. The van der Waals surface area contributed by atoms with Gasteiger partial charge in [0.05, 0.1) is 19.6 Å². The number of ether oxygens (including phenoxy) is 3. The molecule has 0 aliphatic heterocycles. The Hall–Kier alpha value is -1.37. The molecule has 0 aliphatic carbocycles. The van der Waals surface area contributed by atoms with Crippen LogP contribution in [-0.2, 0) is 23.8 Å². The van der Waals surface area contributed by atoms with Crippen LogP contribution in [0.1, 0.15) is 20.3 Å². The molecular weight excluding hydrogens is 258 g/mol. The zero-order valence-corrected chi connectivity index (χ0v) is 11.9. The number of carbonyl (C=O) groups excluding carboxylic acids is 2. The third-order valence-electron chi connectivity index (χ3n) is 1.82. The molecule has 0 aliphatic rings. The van der Waals surface area contributed by atoms with E-state index in [1.54, 1.807) is 27.9 Å². The maximum atomic E-state index is 11.6. The van der Waals surface area contributed by atoms with Gasteiger partial charge in [-0.15, -0.1) is 0 Å². The zero-order chi connectivity index (χ0) is 14.1. The zero-order valence-electron chi connectivity index (χ0n) is 11.1. The van der Waals surface area contributed by atoms with Gasteiger partial charge < -0.3 is 19.1 Å². The molecule has 0 N–H and O–H groups in total. The highest BCUT2D eigenvalue weighted by atomic mass is 32.1. The Kier molecular flexibility index (Phi) is 8.02. The van der Waals surface area contributed by atoms with E-state index < -0.39 is 18.0 Å². The molecule has 0 saturated carbocycles. The number of hydrogen-bond donors (Lipinski definition) is 0. The molecule has 0 radical (unpaired) electrons. The second-order valence-electron chi connectivity index (χ2n) is 3.53. The summed E-state index contributed by atoms with van der Waals surface area (Å²) in [4.78, 5) is 24.5. The molecule has 0 spiro atoms. The first-order chi connectivity index (χ1) is 8.42. The summed E-state index contributed by atoms with van der Waals surface area (Å²) >= 11 is 4.92. The van der Waals surface area contributed by atoms with E-state index in [0.29, 0.717) is 0 Å². The van der Waals surface area contributed by atoms with Gasteiger partial charge in [0.15, 0.2) is 0 Å². The van der Waals surface area contributed by atoms with Gasteiger partial charge >= 0.3 is 11.9 Å². The highest BCUT2D eigenvalue weighted by Crippen LogP contribution is 2.06. The summed E-state index contributed by atoms with van der Waals surface area (Å²) in [7, 11) is 3.35. The number of nitrogens with zero attached hydrogens (tertiary/aromatic N) is 1. The summed E-state index contributed by atoms with van der Waals surface area (Å²) in [5.41, 5.74) is 0. The van der Waals surface area contributed by atoms with Crippen molar-refractivity contribution in [3.05, 3.63) is 0 Å². The second-order valence-corrected chi connectivity index (χ2v) is 3.88. The van der Waals surface area contributed by atoms with E-state index >= 15 is 0 Å². The summed E-state index contributed by atoms with van der Waals surface area (Å²) in [5, 5.41) is 0.109. The predicted octanol–water partition coefficient (Wildman–Crippen LogP) is 0.734. The monoisotopic (exact) mass is 277 g/mol. The lowest BCUT2D eigenvalue weighted by Crippen LogP contribution is -2.35. The third kappa shape index (κ3) is 6.39. The molecule has 0 aromatic rings. The fraction of sp³-hybridized carbons (Fsp3) is 0.727. The van der Waals surface area contributed by atoms with Gasteiger partial charge in [-0.3, -0.25) is 4.79 Å². The van der Waals surface area contributed by atoms with Crippen LogP contribution in [0.4, 0.5) is 0 Å². The fourth-order valence-electron chi connectivity index (χ4n) is 1.01. The lowest BCUT2D eigenvalue weighted by atomic mass is 10.2. The van der Waals surface area contributed by atoms with Crippen LogP contribution in [0.15, 0.2) is 0 Å². The van der Waals surface area contributed by atoms with E-state index in [9.17, 15) is 9.59 Å². The normalized spacial score (nSPS) is 11.3. The summed E-state index contributed by atoms with van der Waals surface area (Å²) < 4.78 is 14.8. The largest absolute Gasteiger partial charge is 0.466 e. The molecule has 1 atom stereocenters. The minimum atomic E-state index is -1.07. The number of hydrogen-bond acceptors (Lipinski definition) is 6. The predicted molar refractivity (Wildman–Crippen MR) is 69.0 cm³/mol. The molecule has 0 rings (SSSR count). The van der Waals surface area contributed by atoms with Crippen LogP contribution in [0.3, 0.4) is 0 Å². The summed E-state index contributed by atoms with van der Waals surface area (Å²) in [6.07, 6.45) is -1.29. The molecule has 104 valence electrons. The van der Waals surface area contributed by atoms with Crippen LogP contribution in [0.25, 0.3) is 0 Å². The Labute approximate surface area is 112 Å². The van der Waals surface area contributed by atoms with Gasteiger partial charge in [0.25, 0.3) is 5.17 Å². The van der Waals surface area contributed by atoms with Gasteiger partial charge in [-0.25, -0.2) is 4.79 Å². The van der Waals surface area contributed by atoms with Gasteiger partial charge in [-0.2, -0.15) is 0 Å². The van der Waals surface area contributed by atoms with Crippen LogP contribution in [0.5, 0.6) is 0 Å². The van der Waals surface area contributed by atoms with Crippen molar-refractivity contribution >= 4 is 29.3 Å². The Morgan fingerprint density at radius 3 is 2.17 bits per heavy atom. The summed E-state index contributed by atoms with van der Waals surface area (Å²) in [6.45, 7) is 3.80. The van der Waals surface area contributed by atoms with Crippen molar-refractivity contribution in [2.24, 2.45) is 0 Å². The first-order valence-corrected chi connectivity index (χ1v) is 6.03. The highest BCUT2D eigenvalue weighted by molar-refractivity contribution is 7.80. The maximum Gasteiger partial charge on any atom is 0.348 e. The van der Waals surface area contributed by atoms with Crippen LogP contribution >= 0.6 is 12.2 Å². The van der Waals surface area contributed by atoms with Gasteiger partial charge in [-0.1, -0.05) is 0 Å². The van der Waals surface area contributed by atoms with Crippen molar-refractivity contribution in [1.82, 2.24) is 4.90 Å². The number of thiocarbonyl (C=S) groups is 1. The molecule has 0 aromatic carbocycles. The molecule has 0 amide bonds. The first kappa shape index (κ1) is 16.6. The molecule has 18 heavy (non-hydrogen) atoms. The molecule has 0 bridgehead atoms. The van der Waals surface area contributed by atoms with Crippen LogP contribution < -0.4 is 0 Å². The first-order valence-electron chi connectivity index (χ1n) is 5.62. The van der Waals surface area contributed by atoms with Crippen molar-refractivity contribution in [2.75, 3.05) is 27.3 Å². The summed E-state index contributed by atoms with van der Waals surface area (Å²) in [5.74, 6) is -1.16. The molecule has 7 heteroatoms. The van der Waals surface area contributed by atoms with Crippen LogP contribution in [0, 0.1) is 0 Å². The second kappa shape index (κ2) is 8.68. The molecule has 0 saturated heterocycles. The molecule has 0 unspecified atom stereocenters. The van der Waals surface area contributed by atoms with Crippen molar-refractivity contribution in [3.63, 3.8) is 0 Å². The molecule has 0 heterocycles. The Bertz CT molecular complexity index is 306. The van der Waals surface area contributed by atoms with E-state index in [2.05, 4.69) is 0 Å². The molecule has 6 nitrogen and oxygen atoms in total. The average Bonchev–Trinajstić information content (AvgIpc) is 2.28. The molecular formula is C11H19NO5S. The number of esters is 2. The molecule has 0 fully saturated rings. The number of carbonyl (C=O) groups is 2. The van der Waals surface area contributed by atoms with Crippen molar-refractivity contribution in [1.29, 1.82) is 0 Å². The van der Waals surface area contributed by atoms with Gasteiger partial charge in [-0.05, 0) is 26.1 Å². The van der Waals surface area contributed by atoms with Crippen LogP contribution in [-0.4, -0.2) is 55.4 Å². The maximum absolute atomic E-state index is 11.6. The summed E-state index contributed by atoms with van der Waals surface area (Å²) in [6, 6.07) is 0. The van der Waals surface area contributed by atoms with E-state index in [-0.39, 0.29) is 24.8 Å². The molecule has 0 aromatic heterocycles. The topological polar surface area (TPSA) is 65.1 Å².